The predicted octanol–water partition coefficient (Wildman–Crippen LogP) is 6.14. The van der Waals surface area contributed by atoms with Crippen LogP contribution in [0.5, 0.6) is 0 Å². The second-order valence-electron chi connectivity index (χ2n) is 8.11. The molecular formula is C26H26N2O. The molecule has 0 aliphatic rings. The number of carbonyl (C=O) groups excluding carboxylic acids is 1. The van der Waals surface area contributed by atoms with Crippen LogP contribution < -0.4 is 0 Å². The van der Waals surface area contributed by atoms with Crippen molar-refractivity contribution in [1.29, 1.82) is 0 Å². The molecule has 0 saturated heterocycles. The van der Waals surface area contributed by atoms with Gasteiger partial charge < -0.3 is 4.98 Å². The largest absolute Gasteiger partial charge is 0.341 e. The Morgan fingerprint density at radius 3 is 2.31 bits per heavy atom. The molecule has 0 aliphatic heterocycles. The van der Waals surface area contributed by atoms with Gasteiger partial charge in [0.25, 0.3) is 0 Å². The highest BCUT2D eigenvalue weighted by atomic mass is 16.1. The Balaban J connectivity index is 1.59. The van der Waals surface area contributed by atoms with Crippen molar-refractivity contribution in [3.8, 4) is 0 Å². The van der Waals surface area contributed by atoms with E-state index in [1.807, 2.05) is 48.5 Å². The van der Waals surface area contributed by atoms with Gasteiger partial charge in [0.1, 0.15) is 5.82 Å². The number of aromatic nitrogens is 2. The van der Waals surface area contributed by atoms with Gasteiger partial charge in [-0.05, 0) is 41.7 Å². The second kappa shape index (κ2) is 8.04. The molecule has 1 atom stereocenters. The van der Waals surface area contributed by atoms with Crippen LogP contribution in [0.2, 0.25) is 0 Å². The van der Waals surface area contributed by atoms with E-state index in [1.165, 1.54) is 11.1 Å². The van der Waals surface area contributed by atoms with Crippen molar-refractivity contribution in [2.45, 2.75) is 33.1 Å². The Morgan fingerprint density at radius 2 is 1.62 bits per heavy atom. The lowest BCUT2D eigenvalue weighted by molar-refractivity contribution is 0.103. The molecule has 0 amide bonds. The maximum Gasteiger partial charge on any atom is 0.193 e. The number of H-pyrrole nitrogens is 1. The second-order valence-corrected chi connectivity index (χ2v) is 8.11. The fourth-order valence-electron chi connectivity index (χ4n) is 3.70. The molecule has 0 bridgehead atoms. The smallest absolute Gasteiger partial charge is 0.193 e. The Hall–Kier alpha value is -3.20. The monoisotopic (exact) mass is 382 g/mol. The third-order valence-corrected chi connectivity index (χ3v) is 5.33. The summed E-state index contributed by atoms with van der Waals surface area (Å²) in [6.07, 6.45) is 1.09. The van der Waals surface area contributed by atoms with E-state index in [0.717, 1.165) is 23.3 Å². The number of benzene rings is 3. The first kappa shape index (κ1) is 19.1. The van der Waals surface area contributed by atoms with Gasteiger partial charge in [-0.1, -0.05) is 75.4 Å². The van der Waals surface area contributed by atoms with Crippen molar-refractivity contribution < 1.29 is 4.79 Å². The molecule has 1 aromatic heterocycles. The van der Waals surface area contributed by atoms with Crippen LogP contribution in [0.3, 0.4) is 0 Å². The summed E-state index contributed by atoms with van der Waals surface area (Å²) in [5.41, 5.74) is 5.74. The van der Waals surface area contributed by atoms with Gasteiger partial charge in [-0.2, -0.15) is 0 Å². The van der Waals surface area contributed by atoms with Crippen LogP contribution in [0.4, 0.5) is 0 Å². The molecule has 3 nitrogen and oxygen atoms in total. The lowest BCUT2D eigenvalue weighted by atomic mass is 9.96. The summed E-state index contributed by atoms with van der Waals surface area (Å²) >= 11 is 0. The van der Waals surface area contributed by atoms with Crippen molar-refractivity contribution in [2.75, 3.05) is 0 Å². The number of nitrogens with zero attached hydrogens (tertiary/aromatic N) is 1. The Bertz CT molecular complexity index is 1120. The average molecular weight is 383 g/mol. The molecule has 4 rings (SSSR count). The molecule has 29 heavy (non-hydrogen) atoms. The Labute approximate surface area is 171 Å². The number of hydrogen-bond acceptors (Lipinski definition) is 2. The minimum absolute atomic E-state index is 0.0254. The summed E-state index contributed by atoms with van der Waals surface area (Å²) in [5.74, 6) is 1.75. The number of imidazole rings is 1. The standard InChI is InChI=1S/C26H26N2O/c1-17(2)15-19-9-11-20(12-10-19)18(3)26-27-23-14-13-22(16-24(23)28-26)25(29)21-7-5-4-6-8-21/h4-14,16-18H,15H2,1-3H3,(H,27,28). The molecule has 1 unspecified atom stereocenters. The molecule has 0 fully saturated rings. The van der Waals surface area contributed by atoms with Crippen LogP contribution in [0.15, 0.2) is 72.8 Å². The highest BCUT2D eigenvalue weighted by Gasteiger charge is 2.15. The van der Waals surface area contributed by atoms with Crippen molar-refractivity contribution in [2.24, 2.45) is 5.92 Å². The molecule has 4 aromatic rings. The van der Waals surface area contributed by atoms with Gasteiger partial charge >= 0.3 is 0 Å². The maximum absolute atomic E-state index is 12.7. The van der Waals surface area contributed by atoms with E-state index in [4.69, 9.17) is 4.98 Å². The lowest BCUT2D eigenvalue weighted by Gasteiger charge is -2.11. The molecular weight excluding hydrogens is 356 g/mol. The quantitative estimate of drug-likeness (QED) is 0.407. The zero-order chi connectivity index (χ0) is 20.4. The van der Waals surface area contributed by atoms with Crippen LogP contribution in [-0.4, -0.2) is 15.8 Å². The highest BCUT2D eigenvalue weighted by Crippen LogP contribution is 2.26. The van der Waals surface area contributed by atoms with Gasteiger partial charge in [0, 0.05) is 17.0 Å². The first-order valence-electron chi connectivity index (χ1n) is 10.2. The number of hydrogen-bond donors (Lipinski definition) is 1. The maximum atomic E-state index is 12.7. The van der Waals surface area contributed by atoms with E-state index in [2.05, 4.69) is 50.0 Å². The van der Waals surface area contributed by atoms with Crippen molar-refractivity contribution in [3.63, 3.8) is 0 Å². The van der Waals surface area contributed by atoms with Crippen molar-refractivity contribution in [3.05, 3.63) is 101 Å². The van der Waals surface area contributed by atoms with Crippen LogP contribution in [0, 0.1) is 5.92 Å². The summed E-state index contributed by atoms with van der Waals surface area (Å²) in [4.78, 5) is 20.9. The summed E-state index contributed by atoms with van der Waals surface area (Å²) in [6.45, 7) is 6.63. The summed E-state index contributed by atoms with van der Waals surface area (Å²) < 4.78 is 0. The average Bonchev–Trinajstić information content (AvgIpc) is 3.17. The van der Waals surface area contributed by atoms with Gasteiger partial charge in [0.15, 0.2) is 5.78 Å². The molecule has 3 aromatic carbocycles. The van der Waals surface area contributed by atoms with E-state index in [-0.39, 0.29) is 11.7 Å². The van der Waals surface area contributed by atoms with Crippen molar-refractivity contribution >= 4 is 16.8 Å². The molecule has 1 N–H and O–H groups in total. The van der Waals surface area contributed by atoms with E-state index >= 15 is 0 Å². The predicted molar refractivity (Wildman–Crippen MR) is 118 cm³/mol. The normalized spacial score (nSPS) is 12.4. The van der Waals surface area contributed by atoms with E-state index < -0.39 is 0 Å². The van der Waals surface area contributed by atoms with E-state index in [0.29, 0.717) is 17.0 Å². The zero-order valence-corrected chi connectivity index (χ0v) is 17.1. The zero-order valence-electron chi connectivity index (χ0n) is 17.1. The number of fused-ring (bicyclic) bond motifs is 1. The first-order valence-corrected chi connectivity index (χ1v) is 10.2. The Kier molecular flexibility index (Phi) is 5.30. The summed E-state index contributed by atoms with van der Waals surface area (Å²) in [7, 11) is 0. The van der Waals surface area contributed by atoms with Crippen molar-refractivity contribution in [1.82, 2.24) is 9.97 Å². The topological polar surface area (TPSA) is 45.8 Å². The van der Waals surface area contributed by atoms with Crippen LogP contribution in [0.1, 0.15) is 59.6 Å². The van der Waals surface area contributed by atoms with Gasteiger partial charge in [-0.25, -0.2) is 4.98 Å². The summed E-state index contributed by atoms with van der Waals surface area (Å²) in [5, 5.41) is 0. The number of rotatable bonds is 6. The van der Waals surface area contributed by atoms with Gasteiger partial charge in [0.2, 0.25) is 0 Å². The summed E-state index contributed by atoms with van der Waals surface area (Å²) in [6, 6.07) is 23.9. The van der Waals surface area contributed by atoms with Crippen LogP contribution in [-0.2, 0) is 6.42 Å². The molecule has 0 spiro atoms. The minimum Gasteiger partial charge on any atom is -0.341 e. The highest BCUT2D eigenvalue weighted by molar-refractivity contribution is 6.10. The number of carbonyl (C=O) groups is 1. The fourth-order valence-corrected chi connectivity index (χ4v) is 3.70. The van der Waals surface area contributed by atoms with Crippen LogP contribution in [0.25, 0.3) is 11.0 Å². The minimum atomic E-state index is 0.0254. The van der Waals surface area contributed by atoms with Gasteiger partial charge in [-0.3, -0.25) is 4.79 Å². The molecule has 146 valence electrons. The molecule has 0 aliphatic carbocycles. The lowest BCUT2D eigenvalue weighted by Crippen LogP contribution is -2.00. The van der Waals surface area contributed by atoms with Crippen LogP contribution >= 0.6 is 0 Å². The molecule has 0 radical (unpaired) electrons. The Morgan fingerprint density at radius 1 is 0.897 bits per heavy atom. The van der Waals surface area contributed by atoms with E-state index in [1.54, 1.807) is 0 Å². The SMILES string of the molecule is CC(C)Cc1ccc(C(C)c2nc3ccc(C(=O)c4ccccc4)cc3[nH]2)cc1. The third kappa shape index (κ3) is 4.14. The molecule has 1 heterocycles. The van der Waals surface area contributed by atoms with E-state index in [9.17, 15) is 4.79 Å². The van der Waals surface area contributed by atoms with Gasteiger partial charge in [0.05, 0.1) is 11.0 Å². The molecule has 3 heteroatoms. The third-order valence-electron chi connectivity index (χ3n) is 5.33. The number of ketones is 1. The van der Waals surface area contributed by atoms with Gasteiger partial charge in [-0.15, -0.1) is 0 Å². The molecule has 0 saturated carbocycles. The fraction of sp³-hybridized carbons (Fsp3) is 0.231. The first-order chi connectivity index (χ1) is 14.0. The number of nitrogens with one attached hydrogen (secondary N) is 1. The number of aromatic amines is 1.